The van der Waals surface area contributed by atoms with Gasteiger partial charge in [0.05, 0.1) is 6.54 Å². The number of nitrogens with one attached hydrogen (secondary N) is 1. The van der Waals surface area contributed by atoms with E-state index in [4.69, 9.17) is 0 Å². The minimum absolute atomic E-state index is 0.0518. The summed E-state index contributed by atoms with van der Waals surface area (Å²) in [5.74, 6) is -0.177. The number of hydrogen-bond donors (Lipinski definition) is 1. The maximum absolute atomic E-state index is 13.9. The normalized spacial score (nSPS) is 14.6. The maximum Gasteiger partial charge on any atom is 0.237 e. The van der Waals surface area contributed by atoms with Crippen LogP contribution in [0.25, 0.3) is 0 Å². The van der Waals surface area contributed by atoms with Gasteiger partial charge in [0.15, 0.2) is 0 Å². The SMILES string of the molecule is CC[C@@H](NCC(=O)N1Cc2ccccc2C1)c1ccccc1F. The van der Waals surface area contributed by atoms with Gasteiger partial charge in [-0.15, -0.1) is 0 Å². The molecule has 1 aliphatic heterocycles. The standard InChI is InChI=1S/C19H21FN2O/c1-2-18(16-9-5-6-10-17(16)20)21-11-19(23)22-12-14-7-3-4-8-15(14)13-22/h3-10,18,21H,2,11-13H2,1H3/t18-/m1/s1. The molecule has 0 radical (unpaired) electrons. The maximum atomic E-state index is 13.9. The highest BCUT2D eigenvalue weighted by molar-refractivity contribution is 5.79. The van der Waals surface area contributed by atoms with Gasteiger partial charge in [-0.25, -0.2) is 4.39 Å². The number of carbonyl (C=O) groups is 1. The predicted molar refractivity (Wildman–Crippen MR) is 88.1 cm³/mol. The molecule has 0 bridgehead atoms. The van der Waals surface area contributed by atoms with Crippen LogP contribution in [0.1, 0.15) is 36.1 Å². The quantitative estimate of drug-likeness (QED) is 0.917. The van der Waals surface area contributed by atoms with Gasteiger partial charge in [-0.1, -0.05) is 49.4 Å². The Morgan fingerprint density at radius 1 is 1.13 bits per heavy atom. The minimum Gasteiger partial charge on any atom is -0.333 e. The van der Waals surface area contributed by atoms with Gasteiger partial charge in [-0.3, -0.25) is 4.79 Å². The third-order valence-electron chi connectivity index (χ3n) is 4.38. The van der Waals surface area contributed by atoms with Crippen LogP contribution in [0.4, 0.5) is 4.39 Å². The molecule has 1 aliphatic rings. The van der Waals surface area contributed by atoms with E-state index in [1.165, 1.54) is 17.2 Å². The second kappa shape index (κ2) is 6.92. The molecule has 3 rings (SSSR count). The fraction of sp³-hybridized carbons (Fsp3) is 0.316. The van der Waals surface area contributed by atoms with E-state index in [0.29, 0.717) is 18.7 Å². The minimum atomic E-state index is -0.229. The number of rotatable bonds is 5. The summed E-state index contributed by atoms with van der Waals surface area (Å²) in [6, 6.07) is 14.7. The Hall–Kier alpha value is -2.20. The van der Waals surface area contributed by atoms with Crippen molar-refractivity contribution in [3.63, 3.8) is 0 Å². The van der Waals surface area contributed by atoms with Gasteiger partial charge in [0, 0.05) is 24.7 Å². The van der Waals surface area contributed by atoms with E-state index in [9.17, 15) is 9.18 Å². The Morgan fingerprint density at radius 3 is 2.35 bits per heavy atom. The van der Waals surface area contributed by atoms with Crippen molar-refractivity contribution in [2.45, 2.75) is 32.5 Å². The van der Waals surface area contributed by atoms with Crippen LogP contribution in [0, 0.1) is 5.82 Å². The van der Waals surface area contributed by atoms with Crippen LogP contribution < -0.4 is 5.32 Å². The predicted octanol–water partition coefficient (Wildman–Crippen LogP) is 3.41. The highest BCUT2D eigenvalue weighted by atomic mass is 19.1. The van der Waals surface area contributed by atoms with E-state index in [1.807, 2.05) is 30.0 Å². The van der Waals surface area contributed by atoms with E-state index in [0.717, 1.165) is 6.42 Å². The van der Waals surface area contributed by atoms with E-state index >= 15 is 0 Å². The van der Waals surface area contributed by atoms with Crippen LogP contribution in [-0.2, 0) is 17.9 Å². The highest BCUT2D eigenvalue weighted by Gasteiger charge is 2.23. The molecule has 4 heteroatoms. The molecule has 0 aliphatic carbocycles. The molecule has 0 aromatic heterocycles. The number of fused-ring (bicyclic) bond motifs is 1. The summed E-state index contributed by atoms with van der Waals surface area (Å²) >= 11 is 0. The van der Waals surface area contributed by atoms with Gasteiger partial charge in [0.1, 0.15) is 5.82 Å². The zero-order chi connectivity index (χ0) is 16.2. The van der Waals surface area contributed by atoms with Crippen molar-refractivity contribution < 1.29 is 9.18 Å². The molecular weight excluding hydrogens is 291 g/mol. The summed E-state index contributed by atoms with van der Waals surface area (Å²) in [5.41, 5.74) is 3.04. The van der Waals surface area contributed by atoms with Crippen molar-refractivity contribution >= 4 is 5.91 Å². The van der Waals surface area contributed by atoms with Crippen molar-refractivity contribution in [2.75, 3.05) is 6.54 Å². The smallest absolute Gasteiger partial charge is 0.237 e. The lowest BCUT2D eigenvalue weighted by molar-refractivity contribution is -0.131. The van der Waals surface area contributed by atoms with Crippen LogP contribution in [0.15, 0.2) is 48.5 Å². The van der Waals surface area contributed by atoms with E-state index in [2.05, 4.69) is 17.4 Å². The van der Waals surface area contributed by atoms with Crippen molar-refractivity contribution in [1.29, 1.82) is 0 Å². The molecule has 1 heterocycles. The molecule has 0 spiro atoms. The van der Waals surface area contributed by atoms with Crippen LogP contribution in [0.3, 0.4) is 0 Å². The van der Waals surface area contributed by atoms with Crippen molar-refractivity contribution in [2.24, 2.45) is 0 Å². The zero-order valence-electron chi connectivity index (χ0n) is 13.3. The van der Waals surface area contributed by atoms with Gasteiger partial charge in [0.25, 0.3) is 0 Å². The Kier molecular flexibility index (Phi) is 4.72. The second-order valence-electron chi connectivity index (χ2n) is 5.88. The van der Waals surface area contributed by atoms with Gasteiger partial charge in [0.2, 0.25) is 5.91 Å². The number of hydrogen-bond acceptors (Lipinski definition) is 2. The summed E-state index contributed by atoms with van der Waals surface area (Å²) in [5, 5.41) is 3.20. The fourth-order valence-corrected chi connectivity index (χ4v) is 3.06. The summed E-state index contributed by atoms with van der Waals surface area (Å²) in [6.07, 6.45) is 0.731. The molecule has 23 heavy (non-hydrogen) atoms. The third-order valence-corrected chi connectivity index (χ3v) is 4.38. The number of halogens is 1. The second-order valence-corrected chi connectivity index (χ2v) is 5.88. The van der Waals surface area contributed by atoms with Crippen molar-refractivity contribution in [3.05, 3.63) is 71.0 Å². The molecule has 2 aromatic rings. The highest BCUT2D eigenvalue weighted by Crippen LogP contribution is 2.23. The summed E-state index contributed by atoms with van der Waals surface area (Å²) in [4.78, 5) is 14.3. The van der Waals surface area contributed by atoms with Gasteiger partial charge >= 0.3 is 0 Å². The molecule has 1 amide bonds. The van der Waals surface area contributed by atoms with Crippen LogP contribution in [0.5, 0.6) is 0 Å². The fourth-order valence-electron chi connectivity index (χ4n) is 3.06. The topological polar surface area (TPSA) is 32.3 Å². The summed E-state index contributed by atoms with van der Waals surface area (Å²) in [7, 11) is 0. The lowest BCUT2D eigenvalue weighted by Gasteiger charge is -2.21. The molecule has 2 aromatic carbocycles. The first-order valence-corrected chi connectivity index (χ1v) is 8.01. The van der Waals surface area contributed by atoms with Crippen LogP contribution in [0.2, 0.25) is 0 Å². The van der Waals surface area contributed by atoms with Crippen LogP contribution >= 0.6 is 0 Å². The number of benzene rings is 2. The summed E-state index contributed by atoms with van der Waals surface area (Å²) < 4.78 is 13.9. The van der Waals surface area contributed by atoms with Crippen LogP contribution in [-0.4, -0.2) is 17.4 Å². The number of nitrogens with zero attached hydrogens (tertiary/aromatic N) is 1. The molecule has 0 unspecified atom stereocenters. The molecule has 3 nitrogen and oxygen atoms in total. The molecule has 120 valence electrons. The lowest BCUT2D eigenvalue weighted by Crippen LogP contribution is -2.36. The van der Waals surface area contributed by atoms with Gasteiger partial charge in [-0.05, 0) is 23.6 Å². The first-order chi connectivity index (χ1) is 11.2. The Balaban J connectivity index is 1.60. The average molecular weight is 312 g/mol. The van der Waals surface area contributed by atoms with Gasteiger partial charge in [-0.2, -0.15) is 0 Å². The first kappa shape index (κ1) is 15.7. The molecule has 0 saturated heterocycles. The Morgan fingerprint density at radius 2 is 1.74 bits per heavy atom. The Labute approximate surface area is 136 Å². The first-order valence-electron chi connectivity index (χ1n) is 8.01. The summed E-state index contributed by atoms with van der Waals surface area (Å²) in [6.45, 7) is 3.53. The monoisotopic (exact) mass is 312 g/mol. The molecule has 1 N–H and O–H groups in total. The molecule has 0 fully saturated rings. The van der Waals surface area contributed by atoms with E-state index in [1.54, 1.807) is 12.1 Å². The molecule has 1 atom stereocenters. The van der Waals surface area contributed by atoms with Crippen molar-refractivity contribution in [1.82, 2.24) is 10.2 Å². The number of amides is 1. The molecular formula is C19H21FN2O. The third kappa shape index (κ3) is 3.42. The average Bonchev–Trinajstić information content (AvgIpc) is 3.01. The van der Waals surface area contributed by atoms with Gasteiger partial charge < -0.3 is 10.2 Å². The zero-order valence-corrected chi connectivity index (χ0v) is 13.3. The van der Waals surface area contributed by atoms with E-state index < -0.39 is 0 Å². The number of carbonyl (C=O) groups excluding carboxylic acids is 1. The lowest BCUT2D eigenvalue weighted by atomic mass is 10.0. The Bertz CT molecular complexity index is 676. The molecule has 0 saturated carbocycles. The largest absolute Gasteiger partial charge is 0.333 e. The van der Waals surface area contributed by atoms with E-state index in [-0.39, 0.29) is 24.3 Å². The van der Waals surface area contributed by atoms with Crippen molar-refractivity contribution in [3.8, 4) is 0 Å².